The van der Waals surface area contributed by atoms with Crippen molar-refractivity contribution in [1.29, 1.82) is 0 Å². The Kier molecular flexibility index (Phi) is 5.81. The average molecular weight is 459 g/mol. The monoisotopic (exact) mass is 459 g/mol. The second kappa shape index (κ2) is 8.58. The van der Waals surface area contributed by atoms with Crippen LogP contribution in [0.15, 0.2) is 48.5 Å². The van der Waals surface area contributed by atoms with Gasteiger partial charge in [0.25, 0.3) is 5.91 Å². The third kappa shape index (κ3) is 4.40. The third-order valence-corrected chi connectivity index (χ3v) is 4.92. The van der Waals surface area contributed by atoms with E-state index in [4.69, 9.17) is 4.74 Å². The molecule has 170 valence electrons. The van der Waals surface area contributed by atoms with E-state index in [0.717, 1.165) is 12.1 Å². The number of aromatic nitrogens is 4. The van der Waals surface area contributed by atoms with Gasteiger partial charge in [0.15, 0.2) is 11.3 Å². The molecule has 0 radical (unpaired) electrons. The summed E-state index contributed by atoms with van der Waals surface area (Å²) in [6.45, 7) is 1.71. The second-order valence-corrected chi connectivity index (χ2v) is 7.16. The van der Waals surface area contributed by atoms with E-state index in [0.29, 0.717) is 28.2 Å². The summed E-state index contributed by atoms with van der Waals surface area (Å²) in [5.74, 6) is -1.15. The molecule has 0 atom stereocenters. The number of halogens is 4. The highest BCUT2D eigenvalue weighted by atomic mass is 19.4. The van der Waals surface area contributed by atoms with E-state index in [9.17, 15) is 22.4 Å². The van der Waals surface area contributed by atoms with Crippen molar-refractivity contribution in [1.82, 2.24) is 19.8 Å². The normalized spacial score (nSPS) is 11.7. The number of carbonyl (C=O) groups excluding carboxylic acids is 1. The molecule has 0 fully saturated rings. The number of nitrogens with one attached hydrogen (secondary N) is 1. The highest BCUT2D eigenvalue weighted by Crippen LogP contribution is 2.31. The standard InChI is InChI=1S/C22H17F4N5O2/c1-12-19(21(32)27-16-5-3-4-14(10-16)22(24,25)26)28-29-20-18(13-6-8-15(23)9-7-13)17(11-33-2)30-31(12)20/h3-10H,11H2,1-2H3,(H,27,32). The van der Waals surface area contributed by atoms with Crippen LogP contribution in [-0.4, -0.2) is 32.8 Å². The maximum atomic E-state index is 13.4. The van der Waals surface area contributed by atoms with Crippen LogP contribution in [0.4, 0.5) is 23.2 Å². The second-order valence-electron chi connectivity index (χ2n) is 7.16. The van der Waals surface area contributed by atoms with Gasteiger partial charge in [-0.2, -0.15) is 18.3 Å². The maximum Gasteiger partial charge on any atom is 0.416 e. The molecule has 1 N–H and O–H groups in total. The van der Waals surface area contributed by atoms with Gasteiger partial charge >= 0.3 is 6.18 Å². The summed E-state index contributed by atoms with van der Waals surface area (Å²) in [6.07, 6.45) is -4.54. The van der Waals surface area contributed by atoms with E-state index in [1.165, 1.54) is 35.9 Å². The molecule has 1 amide bonds. The van der Waals surface area contributed by atoms with E-state index in [1.54, 1.807) is 19.1 Å². The first kappa shape index (κ1) is 22.3. The third-order valence-electron chi connectivity index (χ3n) is 4.92. The molecule has 2 heterocycles. The summed E-state index contributed by atoms with van der Waals surface area (Å²) in [7, 11) is 1.49. The predicted octanol–water partition coefficient (Wildman–Crippen LogP) is 4.66. The van der Waals surface area contributed by atoms with Gasteiger partial charge in [-0.15, -0.1) is 10.2 Å². The Balaban J connectivity index is 1.74. The number of amides is 1. The molecule has 2 aromatic heterocycles. The van der Waals surface area contributed by atoms with Crippen molar-refractivity contribution >= 4 is 17.2 Å². The molecule has 0 aliphatic rings. The van der Waals surface area contributed by atoms with Gasteiger partial charge in [-0.3, -0.25) is 4.79 Å². The number of nitrogens with zero attached hydrogens (tertiary/aromatic N) is 4. The molecule has 0 unspecified atom stereocenters. The van der Waals surface area contributed by atoms with Crippen molar-refractivity contribution in [2.75, 3.05) is 12.4 Å². The Morgan fingerprint density at radius 3 is 2.52 bits per heavy atom. The lowest BCUT2D eigenvalue weighted by atomic mass is 10.1. The molecule has 0 aliphatic heterocycles. The molecule has 33 heavy (non-hydrogen) atoms. The van der Waals surface area contributed by atoms with Crippen molar-refractivity contribution in [2.45, 2.75) is 19.7 Å². The number of hydrogen-bond acceptors (Lipinski definition) is 5. The van der Waals surface area contributed by atoms with Gasteiger partial charge in [0.05, 0.1) is 29.1 Å². The summed E-state index contributed by atoms with van der Waals surface area (Å²) in [5.41, 5.74) is 1.29. The van der Waals surface area contributed by atoms with Crippen LogP contribution < -0.4 is 5.32 Å². The van der Waals surface area contributed by atoms with Crippen molar-refractivity contribution in [3.05, 3.63) is 77.0 Å². The Labute approximate surface area is 185 Å². The van der Waals surface area contributed by atoms with Crippen molar-refractivity contribution < 1.29 is 27.1 Å². The lowest BCUT2D eigenvalue weighted by Gasteiger charge is -2.10. The maximum absolute atomic E-state index is 13.4. The number of hydrogen-bond donors (Lipinski definition) is 1. The van der Waals surface area contributed by atoms with Crippen molar-refractivity contribution in [3.8, 4) is 11.1 Å². The topological polar surface area (TPSA) is 81.4 Å². The van der Waals surface area contributed by atoms with Gasteiger partial charge in [-0.05, 0) is 42.8 Å². The minimum absolute atomic E-state index is 0.0383. The van der Waals surface area contributed by atoms with Crippen LogP contribution in [0.2, 0.25) is 0 Å². The first-order chi connectivity index (χ1) is 15.7. The van der Waals surface area contributed by atoms with Crippen LogP contribution in [-0.2, 0) is 17.5 Å². The molecule has 0 saturated carbocycles. The smallest absolute Gasteiger partial charge is 0.378 e. The molecule has 4 rings (SSSR count). The fourth-order valence-electron chi connectivity index (χ4n) is 3.37. The first-order valence-corrected chi connectivity index (χ1v) is 9.67. The number of aryl methyl sites for hydroxylation is 1. The number of benzene rings is 2. The molecule has 7 nitrogen and oxygen atoms in total. The zero-order valence-corrected chi connectivity index (χ0v) is 17.4. The van der Waals surface area contributed by atoms with Crippen LogP contribution in [0.5, 0.6) is 0 Å². The number of anilines is 1. The number of ether oxygens (including phenoxy) is 1. The van der Waals surface area contributed by atoms with Crippen molar-refractivity contribution in [3.63, 3.8) is 0 Å². The Morgan fingerprint density at radius 2 is 1.85 bits per heavy atom. The molecule has 0 saturated heterocycles. The van der Waals surface area contributed by atoms with Gasteiger partial charge in [-0.25, -0.2) is 8.91 Å². The molecular weight excluding hydrogens is 442 g/mol. The largest absolute Gasteiger partial charge is 0.416 e. The molecule has 2 aromatic carbocycles. The Hall–Kier alpha value is -3.86. The zero-order valence-electron chi connectivity index (χ0n) is 17.4. The summed E-state index contributed by atoms with van der Waals surface area (Å²) in [4.78, 5) is 12.8. The molecule has 0 aliphatic carbocycles. The Morgan fingerprint density at radius 1 is 1.12 bits per heavy atom. The minimum atomic E-state index is -4.54. The fourth-order valence-corrected chi connectivity index (χ4v) is 3.37. The number of methoxy groups -OCH3 is 1. The number of alkyl halides is 3. The van der Waals surface area contributed by atoms with E-state index in [1.807, 2.05) is 0 Å². The van der Waals surface area contributed by atoms with E-state index >= 15 is 0 Å². The molecule has 11 heteroatoms. The number of rotatable bonds is 5. The first-order valence-electron chi connectivity index (χ1n) is 9.67. The van der Waals surface area contributed by atoms with Gasteiger partial charge in [0.2, 0.25) is 0 Å². The summed E-state index contributed by atoms with van der Waals surface area (Å²) in [5, 5.41) is 15.0. The van der Waals surface area contributed by atoms with Crippen LogP contribution in [0.3, 0.4) is 0 Å². The number of carbonyl (C=O) groups is 1. The lowest BCUT2D eigenvalue weighted by molar-refractivity contribution is -0.137. The summed E-state index contributed by atoms with van der Waals surface area (Å²) < 4.78 is 58.9. The molecule has 0 bridgehead atoms. The quantitative estimate of drug-likeness (QED) is 0.439. The molecular formula is C22H17F4N5O2. The van der Waals surface area contributed by atoms with Crippen LogP contribution in [0.1, 0.15) is 27.4 Å². The lowest BCUT2D eigenvalue weighted by Crippen LogP contribution is -2.19. The van der Waals surface area contributed by atoms with Crippen LogP contribution >= 0.6 is 0 Å². The van der Waals surface area contributed by atoms with Crippen LogP contribution in [0, 0.1) is 12.7 Å². The Bertz CT molecular complexity index is 1330. The highest BCUT2D eigenvalue weighted by Gasteiger charge is 2.30. The van der Waals surface area contributed by atoms with Gasteiger partial charge < -0.3 is 10.1 Å². The predicted molar refractivity (Wildman–Crippen MR) is 111 cm³/mol. The number of fused-ring (bicyclic) bond motifs is 1. The zero-order chi connectivity index (χ0) is 23.8. The molecule has 4 aromatic rings. The van der Waals surface area contributed by atoms with Gasteiger partial charge in [0.1, 0.15) is 5.82 Å². The van der Waals surface area contributed by atoms with E-state index < -0.39 is 23.5 Å². The summed E-state index contributed by atoms with van der Waals surface area (Å²) in [6, 6.07) is 10.00. The highest BCUT2D eigenvalue weighted by molar-refractivity contribution is 6.03. The fraction of sp³-hybridized carbons (Fsp3) is 0.182. The van der Waals surface area contributed by atoms with Crippen LogP contribution in [0.25, 0.3) is 16.8 Å². The SMILES string of the molecule is COCc1nn2c(C)c(C(=O)Nc3cccc(C(F)(F)F)c3)nnc2c1-c1ccc(F)cc1. The van der Waals surface area contributed by atoms with Gasteiger partial charge in [0, 0.05) is 12.8 Å². The van der Waals surface area contributed by atoms with E-state index in [2.05, 4.69) is 20.6 Å². The average Bonchev–Trinajstić information content (AvgIpc) is 3.13. The summed E-state index contributed by atoms with van der Waals surface area (Å²) >= 11 is 0. The minimum Gasteiger partial charge on any atom is -0.378 e. The van der Waals surface area contributed by atoms with Gasteiger partial charge in [-0.1, -0.05) is 18.2 Å². The molecule has 0 spiro atoms. The van der Waals surface area contributed by atoms with E-state index in [-0.39, 0.29) is 18.0 Å². The van der Waals surface area contributed by atoms with Crippen molar-refractivity contribution in [2.24, 2.45) is 0 Å².